The number of ether oxygens (including phenoxy) is 1. The molecule has 1 rings (SSSR count). The number of carbonyl (C=O) groups excluding carboxylic acids is 1. The number of carbonyl (C=O) groups is 1. The molecule has 94 valence electrons. The summed E-state index contributed by atoms with van der Waals surface area (Å²) >= 11 is 3.48. The lowest BCUT2D eigenvalue weighted by Crippen LogP contribution is -2.35. The van der Waals surface area contributed by atoms with Gasteiger partial charge in [0.15, 0.2) is 0 Å². The molecular weight excluding hydrogens is 282 g/mol. The Bertz CT molecular complexity index is 368. The highest BCUT2D eigenvalue weighted by Crippen LogP contribution is 2.15. The largest absolute Gasteiger partial charge is 0.369 e. The van der Waals surface area contributed by atoms with E-state index in [9.17, 15) is 4.79 Å². The van der Waals surface area contributed by atoms with Crippen molar-refractivity contribution in [3.8, 4) is 0 Å². The molecule has 1 amide bonds. The maximum Gasteiger partial charge on any atom is 0.248 e. The first-order valence-corrected chi connectivity index (χ1v) is 6.57. The van der Waals surface area contributed by atoms with E-state index in [1.54, 1.807) is 6.92 Å². The van der Waals surface area contributed by atoms with Gasteiger partial charge in [0.1, 0.15) is 6.10 Å². The van der Waals surface area contributed by atoms with Crippen molar-refractivity contribution in [3.05, 3.63) is 34.3 Å². The van der Waals surface area contributed by atoms with Gasteiger partial charge in [-0.2, -0.15) is 0 Å². The van der Waals surface area contributed by atoms with E-state index in [-0.39, 0.29) is 12.0 Å². The number of hydrogen-bond donors (Lipinski definition) is 1. The van der Waals surface area contributed by atoms with Crippen LogP contribution >= 0.6 is 15.9 Å². The average molecular weight is 300 g/mol. The van der Waals surface area contributed by atoms with E-state index >= 15 is 0 Å². The van der Waals surface area contributed by atoms with Crippen molar-refractivity contribution in [2.75, 3.05) is 13.2 Å². The minimum Gasteiger partial charge on any atom is -0.369 e. The molecule has 4 heteroatoms. The molecule has 1 N–H and O–H groups in total. The highest BCUT2D eigenvalue weighted by atomic mass is 79.9. The van der Waals surface area contributed by atoms with Crippen molar-refractivity contribution >= 4 is 21.8 Å². The van der Waals surface area contributed by atoms with Crippen LogP contribution in [-0.4, -0.2) is 25.2 Å². The zero-order valence-corrected chi connectivity index (χ0v) is 11.8. The molecule has 3 nitrogen and oxygen atoms in total. The number of rotatable bonds is 6. The van der Waals surface area contributed by atoms with Gasteiger partial charge in [0.25, 0.3) is 0 Å². The Hall–Kier alpha value is -0.870. The van der Waals surface area contributed by atoms with Gasteiger partial charge >= 0.3 is 0 Å². The van der Waals surface area contributed by atoms with Gasteiger partial charge in [-0.25, -0.2) is 0 Å². The minimum absolute atomic E-state index is 0.0566. The van der Waals surface area contributed by atoms with Gasteiger partial charge in [-0.3, -0.25) is 4.79 Å². The molecule has 0 bridgehead atoms. The number of nitrogens with one attached hydrogen (secondary N) is 1. The second kappa shape index (κ2) is 7.45. The fourth-order valence-corrected chi connectivity index (χ4v) is 1.97. The van der Waals surface area contributed by atoms with E-state index < -0.39 is 0 Å². The second-order valence-electron chi connectivity index (χ2n) is 3.73. The van der Waals surface area contributed by atoms with E-state index in [0.29, 0.717) is 13.2 Å². The molecule has 0 spiro atoms. The molecule has 0 heterocycles. The van der Waals surface area contributed by atoms with Gasteiger partial charge in [-0.15, -0.1) is 0 Å². The molecular formula is C13H18BrNO2. The smallest absolute Gasteiger partial charge is 0.248 e. The summed E-state index contributed by atoms with van der Waals surface area (Å²) in [5, 5.41) is 2.86. The molecule has 1 atom stereocenters. The van der Waals surface area contributed by atoms with Gasteiger partial charge in [-0.1, -0.05) is 34.1 Å². The maximum absolute atomic E-state index is 11.6. The molecule has 1 unspecified atom stereocenters. The van der Waals surface area contributed by atoms with Gasteiger partial charge in [0.2, 0.25) is 5.91 Å². The Kier molecular flexibility index (Phi) is 6.22. The lowest BCUT2D eigenvalue weighted by atomic mass is 10.1. The highest BCUT2D eigenvalue weighted by Gasteiger charge is 2.11. The Morgan fingerprint density at radius 3 is 2.82 bits per heavy atom. The van der Waals surface area contributed by atoms with Crippen LogP contribution in [0.4, 0.5) is 0 Å². The Morgan fingerprint density at radius 2 is 2.18 bits per heavy atom. The Morgan fingerprint density at radius 1 is 1.47 bits per heavy atom. The molecule has 0 aliphatic rings. The summed E-state index contributed by atoms with van der Waals surface area (Å²) in [5.74, 6) is -0.0566. The predicted octanol–water partition coefficient (Wildman–Crippen LogP) is 2.53. The zero-order valence-electron chi connectivity index (χ0n) is 10.2. The SMILES string of the molecule is CCOC(C)C(=O)NCCc1ccccc1Br. The van der Waals surface area contributed by atoms with E-state index in [0.717, 1.165) is 10.9 Å². The minimum atomic E-state index is -0.376. The third kappa shape index (κ3) is 4.88. The third-order valence-electron chi connectivity index (χ3n) is 2.44. The third-order valence-corrected chi connectivity index (χ3v) is 3.21. The summed E-state index contributed by atoms with van der Waals surface area (Å²) in [7, 11) is 0. The zero-order chi connectivity index (χ0) is 12.7. The van der Waals surface area contributed by atoms with Crippen LogP contribution in [0, 0.1) is 0 Å². The molecule has 0 aliphatic carbocycles. The van der Waals surface area contributed by atoms with Gasteiger partial charge in [0, 0.05) is 17.6 Å². The molecule has 0 radical (unpaired) electrons. The molecule has 17 heavy (non-hydrogen) atoms. The van der Waals surface area contributed by atoms with Crippen molar-refractivity contribution in [2.24, 2.45) is 0 Å². The molecule has 1 aromatic rings. The fourth-order valence-electron chi connectivity index (χ4n) is 1.49. The predicted molar refractivity (Wildman–Crippen MR) is 71.9 cm³/mol. The summed E-state index contributed by atoms with van der Waals surface area (Å²) in [6, 6.07) is 8.01. The van der Waals surface area contributed by atoms with E-state index in [2.05, 4.69) is 21.2 Å². The summed E-state index contributed by atoms with van der Waals surface area (Å²) in [5.41, 5.74) is 1.19. The molecule has 0 aliphatic heterocycles. The number of hydrogen-bond acceptors (Lipinski definition) is 2. The quantitative estimate of drug-likeness (QED) is 0.877. The number of amides is 1. The van der Waals surface area contributed by atoms with Crippen molar-refractivity contribution in [1.29, 1.82) is 0 Å². The standard InChI is InChI=1S/C13H18BrNO2/c1-3-17-10(2)13(16)15-9-8-11-6-4-5-7-12(11)14/h4-7,10H,3,8-9H2,1-2H3,(H,15,16). The fraction of sp³-hybridized carbons (Fsp3) is 0.462. The van der Waals surface area contributed by atoms with Crippen LogP contribution in [0.5, 0.6) is 0 Å². The van der Waals surface area contributed by atoms with Crippen LogP contribution in [-0.2, 0) is 16.0 Å². The normalized spacial score (nSPS) is 12.2. The topological polar surface area (TPSA) is 38.3 Å². The van der Waals surface area contributed by atoms with E-state index in [1.807, 2.05) is 31.2 Å². The van der Waals surface area contributed by atoms with Crippen molar-refractivity contribution < 1.29 is 9.53 Å². The van der Waals surface area contributed by atoms with Crippen LogP contribution in [0.2, 0.25) is 0 Å². The first kappa shape index (κ1) is 14.2. The van der Waals surface area contributed by atoms with Crippen LogP contribution in [0.1, 0.15) is 19.4 Å². The molecule has 0 fully saturated rings. The second-order valence-corrected chi connectivity index (χ2v) is 4.58. The first-order valence-electron chi connectivity index (χ1n) is 5.78. The molecule has 0 aromatic heterocycles. The average Bonchev–Trinajstić information content (AvgIpc) is 2.31. The summed E-state index contributed by atoms with van der Waals surface area (Å²) < 4.78 is 6.28. The maximum atomic E-state index is 11.6. The molecule has 0 saturated carbocycles. The summed E-state index contributed by atoms with van der Waals surface area (Å²) in [6.45, 7) is 4.82. The van der Waals surface area contributed by atoms with Crippen LogP contribution < -0.4 is 5.32 Å². The van der Waals surface area contributed by atoms with Crippen LogP contribution in [0.15, 0.2) is 28.7 Å². The Balaban J connectivity index is 2.33. The van der Waals surface area contributed by atoms with Gasteiger partial charge in [0.05, 0.1) is 0 Å². The van der Waals surface area contributed by atoms with Crippen molar-refractivity contribution in [1.82, 2.24) is 5.32 Å². The van der Waals surface area contributed by atoms with Crippen molar-refractivity contribution in [3.63, 3.8) is 0 Å². The lowest BCUT2D eigenvalue weighted by Gasteiger charge is -2.12. The van der Waals surface area contributed by atoms with Gasteiger partial charge in [-0.05, 0) is 31.9 Å². The first-order chi connectivity index (χ1) is 8.15. The highest BCUT2D eigenvalue weighted by molar-refractivity contribution is 9.10. The van der Waals surface area contributed by atoms with Crippen molar-refractivity contribution in [2.45, 2.75) is 26.4 Å². The summed E-state index contributed by atoms with van der Waals surface area (Å²) in [6.07, 6.45) is 0.436. The lowest BCUT2D eigenvalue weighted by molar-refractivity contribution is -0.131. The van der Waals surface area contributed by atoms with E-state index in [1.165, 1.54) is 5.56 Å². The number of benzene rings is 1. The van der Waals surface area contributed by atoms with Gasteiger partial charge < -0.3 is 10.1 Å². The molecule has 0 saturated heterocycles. The monoisotopic (exact) mass is 299 g/mol. The van der Waals surface area contributed by atoms with Crippen LogP contribution in [0.25, 0.3) is 0 Å². The summed E-state index contributed by atoms with van der Waals surface area (Å²) in [4.78, 5) is 11.6. The molecule has 1 aromatic carbocycles. The Labute approximate surface area is 111 Å². The number of halogens is 1. The van der Waals surface area contributed by atoms with Crippen LogP contribution in [0.3, 0.4) is 0 Å². The van der Waals surface area contributed by atoms with E-state index in [4.69, 9.17) is 4.74 Å².